The smallest absolute Gasteiger partial charge is 0.328 e. The first kappa shape index (κ1) is 14.8. The van der Waals surface area contributed by atoms with Gasteiger partial charge < -0.3 is 4.42 Å². The molecular weight excluding hydrogens is 276 g/mol. The zero-order valence-electron chi connectivity index (χ0n) is 11.7. The Balaban J connectivity index is 2.39. The number of aromatic nitrogens is 2. The Kier molecular flexibility index (Phi) is 4.08. The quantitative estimate of drug-likeness (QED) is 0.404. The van der Waals surface area contributed by atoms with Crippen LogP contribution in [0.1, 0.15) is 34.4 Å². The van der Waals surface area contributed by atoms with Gasteiger partial charge in [0.15, 0.2) is 5.76 Å². The number of nitrogen functional groups attached to an aromatic ring is 1. The van der Waals surface area contributed by atoms with E-state index < -0.39 is 11.6 Å². The van der Waals surface area contributed by atoms with Crippen molar-refractivity contribution in [3.8, 4) is 0 Å². The number of nitrogens with zero attached hydrogens (tertiary/aromatic N) is 1. The number of nitrogens with two attached hydrogens (primary N) is 1. The van der Waals surface area contributed by atoms with Gasteiger partial charge in [-0.15, -0.1) is 0 Å². The van der Waals surface area contributed by atoms with Crippen LogP contribution in [0.4, 0.5) is 0 Å². The maximum atomic E-state index is 11.8. The summed E-state index contributed by atoms with van der Waals surface area (Å²) in [5.74, 6) is 5.06. The van der Waals surface area contributed by atoms with Crippen LogP contribution in [0.5, 0.6) is 0 Å². The highest BCUT2D eigenvalue weighted by Gasteiger charge is 2.14. The van der Waals surface area contributed by atoms with Gasteiger partial charge in [0.2, 0.25) is 0 Å². The number of hydrogen-bond acceptors (Lipinski definition) is 5. The van der Waals surface area contributed by atoms with Crippen molar-refractivity contribution in [1.82, 2.24) is 15.0 Å². The first-order valence-electron chi connectivity index (χ1n) is 6.39. The SMILES string of the molecule is CCc1cn(Cc2cc(C(=O)NN)oc2C)c(=O)[nH]c1=O. The van der Waals surface area contributed by atoms with Gasteiger partial charge in [-0.2, -0.15) is 0 Å². The van der Waals surface area contributed by atoms with Crippen molar-refractivity contribution in [2.24, 2.45) is 5.84 Å². The summed E-state index contributed by atoms with van der Waals surface area (Å²) in [6.45, 7) is 3.70. The normalized spacial score (nSPS) is 10.6. The number of aromatic amines is 1. The zero-order valence-corrected chi connectivity index (χ0v) is 11.7. The van der Waals surface area contributed by atoms with Gasteiger partial charge in [0, 0.05) is 17.3 Å². The average molecular weight is 292 g/mol. The monoisotopic (exact) mass is 292 g/mol. The molecule has 0 bridgehead atoms. The van der Waals surface area contributed by atoms with Gasteiger partial charge in [-0.1, -0.05) is 6.92 Å². The maximum absolute atomic E-state index is 11.8. The Morgan fingerprint density at radius 1 is 1.43 bits per heavy atom. The third-order valence-corrected chi connectivity index (χ3v) is 3.18. The first-order chi connectivity index (χ1) is 9.96. The van der Waals surface area contributed by atoms with Crippen molar-refractivity contribution >= 4 is 5.91 Å². The molecule has 2 heterocycles. The molecule has 0 saturated heterocycles. The van der Waals surface area contributed by atoms with Crippen molar-refractivity contribution in [2.45, 2.75) is 26.8 Å². The fraction of sp³-hybridized carbons (Fsp3) is 0.308. The predicted octanol–water partition coefficient (Wildman–Crippen LogP) is -0.348. The van der Waals surface area contributed by atoms with Crippen molar-refractivity contribution in [3.05, 3.63) is 55.7 Å². The van der Waals surface area contributed by atoms with Gasteiger partial charge >= 0.3 is 11.6 Å². The summed E-state index contributed by atoms with van der Waals surface area (Å²) in [5.41, 5.74) is 2.25. The van der Waals surface area contributed by atoms with Crippen LogP contribution in [0.15, 0.2) is 26.3 Å². The van der Waals surface area contributed by atoms with Gasteiger partial charge in [-0.3, -0.25) is 24.6 Å². The van der Waals surface area contributed by atoms with E-state index in [2.05, 4.69) is 4.98 Å². The lowest BCUT2D eigenvalue weighted by Crippen LogP contribution is -2.32. The summed E-state index contributed by atoms with van der Waals surface area (Å²) in [6, 6.07) is 1.51. The molecule has 0 aromatic carbocycles. The molecule has 2 rings (SSSR count). The Bertz CT molecular complexity index is 784. The second-order valence-corrected chi connectivity index (χ2v) is 4.56. The molecule has 1 amide bonds. The summed E-state index contributed by atoms with van der Waals surface area (Å²) in [5, 5.41) is 0. The molecule has 8 nitrogen and oxygen atoms in total. The van der Waals surface area contributed by atoms with Gasteiger partial charge in [0.25, 0.3) is 5.56 Å². The minimum atomic E-state index is -0.549. The van der Waals surface area contributed by atoms with Crippen molar-refractivity contribution < 1.29 is 9.21 Å². The number of nitrogens with one attached hydrogen (secondary N) is 2. The summed E-state index contributed by atoms with van der Waals surface area (Å²) in [7, 11) is 0. The van der Waals surface area contributed by atoms with Crippen LogP contribution in [-0.2, 0) is 13.0 Å². The van der Waals surface area contributed by atoms with Crippen LogP contribution in [0.2, 0.25) is 0 Å². The Morgan fingerprint density at radius 2 is 2.14 bits per heavy atom. The lowest BCUT2D eigenvalue weighted by atomic mass is 10.2. The van der Waals surface area contributed by atoms with Crippen molar-refractivity contribution in [3.63, 3.8) is 0 Å². The fourth-order valence-electron chi connectivity index (χ4n) is 1.97. The highest BCUT2D eigenvalue weighted by Crippen LogP contribution is 2.15. The second kappa shape index (κ2) is 5.80. The van der Waals surface area contributed by atoms with Crippen molar-refractivity contribution in [1.29, 1.82) is 0 Å². The number of carbonyl (C=O) groups excluding carboxylic acids is 1. The van der Waals surface area contributed by atoms with E-state index in [9.17, 15) is 14.4 Å². The average Bonchev–Trinajstić information content (AvgIpc) is 2.82. The Morgan fingerprint density at radius 3 is 2.76 bits per heavy atom. The molecule has 0 fully saturated rings. The molecule has 112 valence electrons. The number of amides is 1. The summed E-state index contributed by atoms with van der Waals surface area (Å²) < 4.78 is 6.64. The molecule has 0 aliphatic rings. The standard InChI is InChI=1S/C13H16N4O4/c1-3-8-5-17(13(20)15-11(8)18)6-9-4-10(12(19)16-14)21-7(9)2/h4-5H,3,6,14H2,1-2H3,(H,16,19)(H,15,18,20). The number of furan rings is 1. The molecule has 21 heavy (non-hydrogen) atoms. The fourth-order valence-corrected chi connectivity index (χ4v) is 1.97. The summed E-state index contributed by atoms with van der Waals surface area (Å²) in [6.07, 6.45) is 2.02. The third kappa shape index (κ3) is 2.95. The van der Waals surface area contributed by atoms with Crippen LogP contribution >= 0.6 is 0 Å². The molecule has 2 aromatic heterocycles. The van der Waals surface area contributed by atoms with E-state index in [1.54, 1.807) is 6.92 Å². The third-order valence-electron chi connectivity index (χ3n) is 3.18. The lowest BCUT2D eigenvalue weighted by molar-refractivity contribution is 0.0924. The van der Waals surface area contributed by atoms with E-state index in [0.29, 0.717) is 23.3 Å². The molecule has 0 aliphatic carbocycles. The highest BCUT2D eigenvalue weighted by molar-refractivity contribution is 5.91. The Hall–Kier alpha value is -2.61. The molecule has 0 saturated carbocycles. The molecule has 0 spiro atoms. The predicted molar refractivity (Wildman–Crippen MR) is 74.9 cm³/mol. The van der Waals surface area contributed by atoms with Gasteiger partial charge in [0.05, 0.1) is 6.54 Å². The first-order valence-corrected chi connectivity index (χ1v) is 6.39. The van der Waals surface area contributed by atoms with Crippen LogP contribution in [-0.4, -0.2) is 15.5 Å². The van der Waals surface area contributed by atoms with Crippen molar-refractivity contribution in [2.75, 3.05) is 0 Å². The van der Waals surface area contributed by atoms with Gasteiger partial charge in [-0.05, 0) is 19.4 Å². The van der Waals surface area contributed by atoms with E-state index in [0.717, 1.165) is 0 Å². The van der Waals surface area contributed by atoms with Crippen LogP contribution in [0, 0.1) is 6.92 Å². The highest BCUT2D eigenvalue weighted by atomic mass is 16.4. The molecule has 8 heteroatoms. The van der Waals surface area contributed by atoms with Gasteiger partial charge in [0.1, 0.15) is 5.76 Å². The number of hydrazine groups is 1. The molecule has 2 aromatic rings. The van der Waals surface area contributed by atoms with Crippen LogP contribution < -0.4 is 22.5 Å². The molecule has 0 radical (unpaired) electrons. The van der Waals surface area contributed by atoms with Crippen LogP contribution in [0.3, 0.4) is 0 Å². The largest absolute Gasteiger partial charge is 0.456 e. The number of aryl methyl sites for hydroxylation is 2. The van der Waals surface area contributed by atoms with E-state index in [-0.39, 0.29) is 17.9 Å². The molecule has 0 unspecified atom stereocenters. The second-order valence-electron chi connectivity index (χ2n) is 4.56. The zero-order chi connectivity index (χ0) is 15.6. The van der Waals surface area contributed by atoms with E-state index >= 15 is 0 Å². The number of hydrogen-bond donors (Lipinski definition) is 3. The Labute approximate surface area is 119 Å². The summed E-state index contributed by atoms with van der Waals surface area (Å²) >= 11 is 0. The van der Waals surface area contributed by atoms with Crippen LogP contribution in [0.25, 0.3) is 0 Å². The number of H-pyrrole nitrogens is 1. The van der Waals surface area contributed by atoms with E-state index in [1.165, 1.54) is 16.8 Å². The number of carbonyl (C=O) groups is 1. The van der Waals surface area contributed by atoms with E-state index in [4.69, 9.17) is 10.3 Å². The molecule has 0 aliphatic heterocycles. The molecule has 4 N–H and O–H groups in total. The molecule has 0 atom stereocenters. The lowest BCUT2D eigenvalue weighted by Gasteiger charge is -2.05. The van der Waals surface area contributed by atoms with Gasteiger partial charge in [-0.25, -0.2) is 10.6 Å². The topological polar surface area (TPSA) is 123 Å². The van der Waals surface area contributed by atoms with E-state index in [1.807, 2.05) is 12.3 Å². The molecular formula is C13H16N4O4. The minimum absolute atomic E-state index is 0.0678. The summed E-state index contributed by atoms with van der Waals surface area (Å²) in [4.78, 5) is 37.0. The number of rotatable bonds is 4. The minimum Gasteiger partial charge on any atom is -0.456 e. The maximum Gasteiger partial charge on any atom is 0.328 e.